The third-order valence-corrected chi connectivity index (χ3v) is 3.92. The van der Waals surface area contributed by atoms with Crippen molar-refractivity contribution in [1.29, 1.82) is 0 Å². The number of aromatic nitrogens is 2. The van der Waals surface area contributed by atoms with Crippen LogP contribution >= 0.6 is 11.3 Å². The van der Waals surface area contributed by atoms with Crippen molar-refractivity contribution in [2.75, 3.05) is 5.32 Å². The third kappa shape index (κ3) is 2.57. The molecule has 4 nitrogen and oxygen atoms in total. The number of hydrogen-bond acceptors (Lipinski definition) is 4. The van der Waals surface area contributed by atoms with Crippen LogP contribution in [0.25, 0.3) is 10.9 Å². The predicted octanol–water partition coefficient (Wildman–Crippen LogP) is 3.76. The second kappa shape index (κ2) is 5.13. The highest BCUT2D eigenvalue weighted by atomic mass is 32.1. The molecule has 0 saturated carbocycles. The number of pyridine rings is 1. The van der Waals surface area contributed by atoms with Crippen LogP contribution in [0.5, 0.6) is 0 Å². The quantitative estimate of drug-likeness (QED) is 0.780. The molecule has 0 spiro atoms. The Morgan fingerprint density at radius 3 is 2.68 bits per heavy atom. The summed E-state index contributed by atoms with van der Waals surface area (Å²) in [6.07, 6.45) is -2.97. The maximum absolute atomic E-state index is 13.0. The zero-order valence-corrected chi connectivity index (χ0v) is 12.1. The van der Waals surface area contributed by atoms with Crippen molar-refractivity contribution in [3.05, 3.63) is 51.8 Å². The van der Waals surface area contributed by atoms with E-state index in [1.807, 2.05) is 0 Å². The summed E-state index contributed by atoms with van der Waals surface area (Å²) in [5, 5.41) is 5.63. The van der Waals surface area contributed by atoms with Gasteiger partial charge in [0.25, 0.3) is 0 Å². The molecule has 3 aromatic rings. The van der Waals surface area contributed by atoms with E-state index < -0.39 is 17.3 Å². The number of hydrogen-bond donors (Lipinski definition) is 1. The molecular weight excluding hydrogens is 315 g/mol. The van der Waals surface area contributed by atoms with Crippen LogP contribution in [0.4, 0.5) is 24.0 Å². The van der Waals surface area contributed by atoms with E-state index in [9.17, 15) is 18.0 Å². The monoisotopic (exact) mass is 325 g/mol. The molecule has 114 valence electrons. The first-order chi connectivity index (χ1) is 10.4. The number of thiazole rings is 1. The van der Waals surface area contributed by atoms with E-state index in [4.69, 9.17) is 0 Å². The zero-order chi connectivity index (χ0) is 15.9. The minimum absolute atomic E-state index is 0.210. The fraction of sp³-hybridized carbons (Fsp3) is 0.143. The Hall–Kier alpha value is -2.35. The SMILES string of the molecule is Cn1c(C(F)(F)F)cc(=O)c2ccc(Nc3nccs3)cc21. The van der Waals surface area contributed by atoms with Crippen LogP contribution < -0.4 is 10.7 Å². The number of aryl methyl sites for hydroxylation is 1. The molecule has 0 aliphatic rings. The Morgan fingerprint density at radius 2 is 2.05 bits per heavy atom. The summed E-state index contributed by atoms with van der Waals surface area (Å²) in [6.45, 7) is 0. The lowest BCUT2D eigenvalue weighted by Gasteiger charge is -2.15. The Balaban J connectivity index is 2.18. The number of rotatable bonds is 2. The van der Waals surface area contributed by atoms with Crippen molar-refractivity contribution in [1.82, 2.24) is 9.55 Å². The van der Waals surface area contributed by atoms with E-state index in [2.05, 4.69) is 10.3 Å². The molecule has 2 aromatic heterocycles. The van der Waals surface area contributed by atoms with Crippen molar-refractivity contribution in [2.24, 2.45) is 7.05 Å². The van der Waals surface area contributed by atoms with Gasteiger partial charge in [0.2, 0.25) is 0 Å². The lowest BCUT2D eigenvalue weighted by Crippen LogP contribution is -2.19. The molecule has 2 heterocycles. The van der Waals surface area contributed by atoms with Crippen LogP contribution in [-0.4, -0.2) is 9.55 Å². The molecule has 0 aliphatic carbocycles. The van der Waals surface area contributed by atoms with Crippen molar-refractivity contribution in [3.63, 3.8) is 0 Å². The van der Waals surface area contributed by atoms with Gasteiger partial charge in [-0.25, -0.2) is 4.98 Å². The molecule has 22 heavy (non-hydrogen) atoms. The summed E-state index contributed by atoms with van der Waals surface area (Å²) < 4.78 is 39.9. The molecule has 8 heteroatoms. The van der Waals surface area contributed by atoms with Crippen LogP contribution in [0.2, 0.25) is 0 Å². The fourth-order valence-electron chi connectivity index (χ4n) is 2.20. The van der Waals surface area contributed by atoms with E-state index in [0.29, 0.717) is 16.9 Å². The topological polar surface area (TPSA) is 46.9 Å². The standard InChI is InChI=1S/C14H10F3N3OS/c1-20-10-6-8(19-13-18-4-5-22-13)2-3-9(10)11(21)7-12(20)14(15,16)17/h2-7H,1H3,(H,18,19). The Labute approximate surface area is 126 Å². The van der Waals surface area contributed by atoms with Gasteiger partial charge in [0.15, 0.2) is 10.6 Å². The summed E-state index contributed by atoms with van der Waals surface area (Å²) >= 11 is 1.37. The summed E-state index contributed by atoms with van der Waals surface area (Å²) in [6, 6.07) is 5.27. The average molecular weight is 325 g/mol. The molecule has 0 saturated heterocycles. The number of nitrogens with one attached hydrogen (secondary N) is 1. The highest BCUT2D eigenvalue weighted by Crippen LogP contribution is 2.30. The number of halogens is 3. The summed E-state index contributed by atoms with van der Waals surface area (Å²) in [7, 11) is 1.29. The molecule has 3 rings (SSSR count). The van der Waals surface area contributed by atoms with Gasteiger partial charge in [0.1, 0.15) is 5.69 Å². The highest BCUT2D eigenvalue weighted by Gasteiger charge is 2.34. The van der Waals surface area contributed by atoms with Crippen LogP contribution in [0.3, 0.4) is 0 Å². The maximum atomic E-state index is 13.0. The number of anilines is 2. The predicted molar refractivity (Wildman–Crippen MR) is 79.6 cm³/mol. The first-order valence-electron chi connectivity index (χ1n) is 6.24. The second-order valence-electron chi connectivity index (χ2n) is 4.64. The molecule has 0 bridgehead atoms. The Bertz CT molecular complexity index is 885. The molecule has 0 unspecified atom stereocenters. The van der Waals surface area contributed by atoms with E-state index >= 15 is 0 Å². The molecule has 0 atom stereocenters. The molecule has 0 fully saturated rings. The molecular formula is C14H10F3N3OS. The Kier molecular flexibility index (Phi) is 3.40. The first kappa shape index (κ1) is 14.6. The van der Waals surface area contributed by atoms with Crippen molar-refractivity contribution < 1.29 is 13.2 Å². The van der Waals surface area contributed by atoms with Gasteiger partial charge in [-0.05, 0) is 18.2 Å². The van der Waals surface area contributed by atoms with Gasteiger partial charge in [0.05, 0.1) is 5.52 Å². The van der Waals surface area contributed by atoms with Crippen LogP contribution in [-0.2, 0) is 13.2 Å². The van der Waals surface area contributed by atoms with Gasteiger partial charge < -0.3 is 9.88 Å². The van der Waals surface area contributed by atoms with Crippen molar-refractivity contribution in [2.45, 2.75) is 6.18 Å². The van der Waals surface area contributed by atoms with Gasteiger partial charge in [-0.3, -0.25) is 4.79 Å². The van der Waals surface area contributed by atoms with Crippen molar-refractivity contribution >= 4 is 33.1 Å². The van der Waals surface area contributed by atoms with Gasteiger partial charge in [-0.15, -0.1) is 11.3 Å². The Morgan fingerprint density at radius 1 is 1.27 bits per heavy atom. The minimum atomic E-state index is -4.58. The van der Waals surface area contributed by atoms with Crippen LogP contribution in [0, 0.1) is 0 Å². The summed E-state index contributed by atoms with van der Waals surface area (Å²) in [4.78, 5) is 15.9. The van der Waals surface area contributed by atoms with Gasteiger partial charge in [-0.1, -0.05) is 0 Å². The smallest absolute Gasteiger partial charge is 0.340 e. The number of fused-ring (bicyclic) bond motifs is 1. The highest BCUT2D eigenvalue weighted by molar-refractivity contribution is 7.13. The molecule has 1 aromatic carbocycles. The zero-order valence-electron chi connectivity index (χ0n) is 11.3. The van der Waals surface area contributed by atoms with E-state index in [-0.39, 0.29) is 10.9 Å². The van der Waals surface area contributed by atoms with Crippen LogP contribution in [0.15, 0.2) is 40.6 Å². The third-order valence-electron chi connectivity index (χ3n) is 3.23. The van der Waals surface area contributed by atoms with Gasteiger partial charge >= 0.3 is 6.18 Å². The lowest BCUT2D eigenvalue weighted by molar-refractivity contribution is -0.143. The summed E-state index contributed by atoms with van der Waals surface area (Å²) in [5.74, 6) is 0. The second-order valence-corrected chi connectivity index (χ2v) is 5.54. The number of nitrogens with zero attached hydrogens (tertiary/aromatic N) is 2. The van der Waals surface area contributed by atoms with E-state index in [1.165, 1.54) is 30.5 Å². The average Bonchev–Trinajstić information content (AvgIpc) is 2.94. The molecule has 1 N–H and O–H groups in total. The van der Waals surface area contributed by atoms with Crippen molar-refractivity contribution in [3.8, 4) is 0 Å². The summed E-state index contributed by atoms with van der Waals surface area (Å²) in [5.41, 5.74) is -0.851. The number of benzene rings is 1. The van der Waals surface area contributed by atoms with Gasteiger partial charge in [0, 0.05) is 35.8 Å². The van der Waals surface area contributed by atoms with E-state index in [1.54, 1.807) is 17.6 Å². The van der Waals surface area contributed by atoms with Crippen LogP contribution in [0.1, 0.15) is 5.69 Å². The largest absolute Gasteiger partial charge is 0.431 e. The number of alkyl halides is 3. The van der Waals surface area contributed by atoms with Gasteiger partial charge in [-0.2, -0.15) is 13.2 Å². The maximum Gasteiger partial charge on any atom is 0.431 e. The molecule has 0 aliphatic heterocycles. The van der Waals surface area contributed by atoms with E-state index in [0.717, 1.165) is 4.57 Å². The normalized spacial score (nSPS) is 11.8. The first-order valence-corrected chi connectivity index (χ1v) is 7.12. The molecule has 0 radical (unpaired) electrons. The minimum Gasteiger partial charge on any atom is -0.340 e. The molecule has 0 amide bonds. The lowest BCUT2D eigenvalue weighted by atomic mass is 10.1. The fourth-order valence-corrected chi connectivity index (χ4v) is 2.75.